The number of aromatic nitrogens is 1. The van der Waals surface area contributed by atoms with E-state index in [-0.39, 0.29) is 10.8 Å². The molecular weight excluding hydrogens is 310 g/mol. The predicted molar refractivity (Wildman–Crippen MR) is 84.7 cm³/mol. The standard InChI is InChI=1S/C14H12ClN3O2S/c1-21-10-5-2-4-9(8-10)17-13(19)14(20)18-11-6-3-7-16-12(11)15/h2-8H,1H3,(H,17,19)(H,18,20). The first kappa shape index (κ1) is 15.3. The molecule has 0 fully saturated rings. The summed E-state index contributed by atoms with van der Waals surface area (Å²) in [5.41, 5.74) is 0.844. The van der Waals surface area contributed by atoms with Gasteiger partial charge in [0.15, 0.2) is 5.15 Å². The Hall–Kier alpha value is -2.05. The van der Waals surface area contributed by atoms with Crippen LogP contribution in [-0.2, 0) is 9.59 Å². The molecule has 7 heteroatoms. The van der Waals surface area contributed by atoms with E-state index in [0.717, 1.165) is 4.90 Å². The summed E-state index contributed by atoms with van der Waals surface area (Å²) in [5.74, 6) is -1.58. The van der Waals surface area contributed by atoms with Gasteiger partial charge in [-0.05, 0) is 36.6 Å². The van der Waals surface area contributed by atoms with E-state index >= 15 is 0 Å². The van der Waals surface area contributed by atoms with Crippen LogP contribution in [0.1, 0.15) is 0 Å². The van der Waals surface area contributed by atoms with Gasteiger partial charge in [0.2, 0.25) is 0 Å². The van der Waals surface area contributed by atoms with Crippen LogP contribution in [0.5, 0.6) is 0 Å². The Bertz CT molecular complexity index is 679. The van der Waals surface area contributed by atoms with E-state index in [1.807, 2.05) is 12.3 Å². The summed E-state index contributed by atoms with van der Waals surface area (Å²) in [6, 6.07) is 10.4. The number of carbonyl (C=O) groups is 2. The van der Waals surface area contributed by atoms with Gasteiger partial charge >= 0.3 is 11.8 Å². The highest BCUT2D eigenvalue weighted by atomic mass is 35.5. The van der Waals surface area contributed by atoms with Crippen LogP contribution >= 0.6 is 23.4 Å². The van der Waals surface area contributed by atoms with Crippen molar-refractivity contribution in [2.45, 2.75) is 4.90 Å². The Morgan fingerprint density at radius 1 is 1.14 bits per heavy atom. The molecule has 5 nitrogen and oxygen atoms in total. The summed E-state index contributed by atoms with van der Waals surface area (Å²) >= 11 is 7.36. The van der Waals surface area contributed by atoms with Crippen molar-refractivity contribution in [3.05, 3.63) is 47.7 Å². The smallest absolute Gasteiger partial charge is 0.314 e. The maximum Gasteiger partial charge on any atom is 0.314 e. The van der Waals surface area contributed by atoms with Crippen molar-refractivity contribution in [3.63, 3.8) is 0 Å². The largest absolute Gasteiger partial charge is 0.318 e. The Balaban J connectivity index is 2.03. The minimum Gasteiger partial charge on any atom is -0.318 e. The summed E-state index contributed by atoms with van der Waals surface area (Å²) in [6.07, 6.45) is 3.42. The molecule has 0 saturated carbocycles. The highest BCUT2D eigenvalue weighted by molar-refractivity contribution is 7.98. The van der Waals surface area contributed by atoms with Gasteiger partial charge in [-0.1, -0.05) is 17.7 Å². The van der Waals surface area contributed by atoms with Gasteiger partial charge in [0.05, 0.1) is 5.69 Å². The molecule has 21 heavy (non-hydrogen) atoms. The number of pyridine rings is 1. The van der Waals surface area contributed by atoms with E-state index < -0.39 is 11.8 Å². The van der Waals surface area contributed by atoms with Crippen molar-refractivity contribution in [2.24, 2.45) is 0 Å². The van der Waals surface area contributed by atoms with Crippen LogP contribution in [0.3, 0.4) is 0 Å². The summed E-state index contributed by atoms with van der Waals surface area (Å²) in [7, 11) is 0. The number of amides is 2. The number of anilines is 2. The van der Waals surface area contributed by atoms with E-state index in [1.54, 1.807) is 42.1 Å². The first-order chi connectivity index (χ1) is 10.1. The van der Waals surface area contributed by atoms with Crippen LogP contribution in [0, 0.1) is 0 Å². The lowest BCUT2D eigenvalue weighted by Crippen LogP contribution is -2.29. The van der Waals surface area contributed by atoms with E-state index in [9.17, 15) is 9.59 Å². The normalized spacial score (nSPS) is 10.0. The van der Waals surface area contributed by atoms with E-state index in [0.29, 0.717) is 5.69 Å². The molecule has 2 N–H and O–H groups in total. The lowest BCUT2D eigenvalue weighted by molar-refractivity contribution is -0.133. The van der Waals surface area contributed by atoms with Gasteiger partial charge in [-0.2, -0.15) is 0 Å². The van der Waals surface area contributed by atoms with Crippen LogP contribution in [0.2, 0.25) is 5.15 Å². The Kier molecular flexibility index (Phi) is 5.19. The second-order valence-corrected chi connectivity index (χ2v) is 5.22. The first-order valence-corrected chi connectivity index (χ1v) is 7.57. The molecule has 0 aliphatic rings. The van der Waals surface area contributed by atoms with Crippen LogP contribution in [0.4, 0.5) is 11.4 Å². The highest BCUT2D eigenvalue weighted by Crippen LogP contribution is 2.19. The van der Waals surface area contributed by atoms with Gasteiger partial charge in [0.1, 0.15) is 0 Å². The van der Waals surface area contributed by atoms with Gasteiger partial charge in [0.25, 0.3) is 0 Å². The minimum atomic E-state index is -0.806. The second kappa shape index (κ2) is 7.10. The number of nitrogens with one attached hydrogen (secondary N) is 2. The van der Waals surface area contributed by atoms with Crippen LogP contribution in [0.15, 0.2) is 47.5 Å². The maximum absolute atomic E-state index is 11.8. The summed E-state index contributed by atoms with van der Waals surface area (Å²) < 4.78 is 0. The van der Waals surface area contributed by atoms with Gasteiger partial charge in [-0.25, -0.2) is 4.98 Å². The quantitative estimate of drug-likeness (QED) is 0.518. The minimum absolute atomic E-state index is 0.128. The zero-order valence-electron chi connectivity index (χ0n) is 11.1. The Labute approximate surface area is 131 Å². The molecule has 0 saturated heterocycles. The van der Waals surface area contributed by atoms with Crippen molar-refractivity contribution in [1.29, 1.82) is 0 Å². The van der Waals surface area contributed by atoms with E-state index in [1.165, 1.54) is 6.20 Å². The van der Waals surface area contributed by atoms with Crippen LogP contribution in [-0.4, -0.2) is 23.1 Å². The monoisotopic (exact) mass is 321 g/mol. The van der Waals surface area contributed by atoms with E-state index in [4.69, 9.17) is 11.6 Å². The van der Waals surface area contributed by atoms with Gasteiger partial charge in [-0.15, -0.1) is 11.8 Å². The topological polar surface area (TPSA) is 71.1 Å². The molecule has 1 aromatic heterocycles. The number of thioether (sulfide) groups is 1. The molecule has 1 heterocycles. The molecule has 0 aliphatic carbocycles. The van der Waals surface area contributed by atoms with Gasteiger partial charge in [-0.3, -0.25) is 9.59 Å². The number of rotatable bonds is 3. The second-order valence-electron chi connectivity index (χ2n) is 3.98. The third kappa shape index (κ3) is 4.21. The zero-order chi connectivity index (χ0) is 15.2. The molecular formula is C14H12ClN3O2S. The van der Waals surface area contributed by atoms with Gasteiger partial charge < -0.3 is 10.6 Å². The summed E-state index contributed by atoms with van der Waals surface area (Å²) in [4.78, 5) is 28.4. The fourth-order valence-corrected chi connectivity index (χ4v) is 2.17. The third-order valence-corrected chi connectivity index (χ3v) is 3.57. The average molecular weight is 322 g/mol. The number of hydrogen-bond acceptors (Lipinski definition) is 4. The number of benzene rings is 1. The van der Waals surface area contributed by atoms with Crippen LogP contribution < -0.4 is 10.6 Å². The van der Waals surface area contributed by atoms with Crippen LogP contribution in [0.25, 0.3) is 0 Å². The molecule has 0 spiro atoms. The molecule has 0 atom stereocenters. The number of carbonyl (C=O) groups excluding carboxylic acids is 2. The first-order valence-electron chi connectivity index (χ1n) is 5.97. The lowest BCUT2D eigenvalue weighted by atomic mass is 10.3. The molecule has 108 valence electrons. The highest BCUT2D eigenvalue weighted by Gasteiger charge is 2.15. The third-order valence-electron chi connectivity index (χ3n) is 2.54. The van der Waals surface area contributed by atoms with Gasteiger partial charge in [0, 0.05) is 16.8 Å². The Morgan fingerprint density at radius 2 is 1.90 bits per heavy atom. The molecule has 2 aromatic rings. The summed E-state index contributed by atoms with van der Waals surface area (Å²) in [5, 5.41) is 5.06. The predicted octanol–water partition coefficient (Wildman–Crippen LogP) is 3.03. The van der Waals surface area contributed by atoms with Crippen molar-refractivity contribution >= 4 is 46.6 Å². The molecule has 0 unspecified atom stereocenters. The van der Waals surface area contributed by atoms with Crippen molar-refractivity contribution in [2.75, 3.05) is 16.9 Å². The zero-order valence-corrected chi connectivity index (χ0v) is 12.7. The molecule has 0 bridgehead atoms. The molecule has 2 amide bonds. The molecule has 1 aromatic carbocycles. The summed E-state index contributed by atoms with van der Waals surface area (Å²) in [6.45, 7) is 0. The fourth-order valence-electron chi connectivity index (χ4n) is 1.55. The van der Waals surface area contributed by atoms with E-state index in [2.05, 4.69) is 15.6 Å². The fraction of sp³-hybridized carbons (Fsp3) is 0.0714. The lowest BCUT2D eigenvalue weighted by Gasteiger charge is -2.08. The molecule has 0 aliphatic heterocycles. The number of hydrogen-bond donors (Lipinski definition) is 2. The maximum atomic E-state index is 11.8. The van der Waals surface area contributed by atoms with Crippen molar-refractivity contribution in [3.8, 4) is 0 Å². The SMILES string of the molecule is CSc1cccc(NC(=O)C(=O)Nc2cccnc2Cl)c1. The molecule has 0 radical (unpaired) electrons. The number of nitrogens with zero attached hydrogens (tertiary/aromatic N) is 1. The Morgan fingerprint density at radius 3 is 2.62 bits per heavy atom. The van der Waals surface area contributed by atoms with Crippen molar-refractivity contribution in [1.82, 2.24) is 4.98 Å². The number of halogens is 1. The van der Waals surface area contributed by atoms with Crippen molar-refractivity contribution < 1.29 is 9.59 Å². The average Bonchev–Trinajstić information content (AvgIpc) is 2.49. The molecule has 2 rings (SSSR count).